The zero-order valence-electron chi connectivity index (χ0n) is 12.2. The number of aromatic amines is 1. The van der Waals surface area contributed by atoms with Gasteiger partial charge in [0.05, 0.1) is 23.4 Å². The molecule has 0 unspecified atom stereocenters. The summed E-state index contributed by atoms with van der Waals surface area (Å²) >= 11 is 1.67. The average molecular weight is 300 g/mol. The Labute approximate surface area is 127 Å². The third kappa shape index (κ3) is 3.00. The van der Waals surface area contributed by atoms with Crippen LogP contribution in [-0.2, 0) is 5.75 Å². The van der Waals surface area contributed by atoms with Crippen molar-refractivity contribution in [2.75, 3.05) is 7.11 Å². The molecule has 3 aromatic rings. The van der Waals surface area contributed by atoms with Crippen LogP contribution in [-0.4, -0.2) is 27.0 Å². The zero-order valence-corrected chi connectivity index (χ0v) is 13.0. The van der Waals surface area contributed by atoms with Crippen molar-refractivity contribution in [3.8, 4) is 5.88 Å². The Morgan fingerprint density at radius 1 is 1.24 bits per heavy atom. The van der Waals surface area contributed by atoms with Gasteiger partial charge in [-0.3, -0.25) is 0 Å². The van der Waals surface area contributed by atoms with Crippen molar-refractivity contribution in [1.82, 2.24) is 19.9 Å². The van der Waals surface area contributed by atoms with Gasteiger partial charge in [-0.2, -0.15) is 4.98 Å². The lowest BCUT2D eigenvalue weighted by atomic mass is 10.2. The number of nitrogens with one attached hydrogen (secondary N) is 1. The van der Waals surface area contributed by atoms with Crippen molar-refractivity contribution in [3.05, 3.63) is 41.3 Å². The van der Waals surface area contributed by atoms with Crippen molar-refractivity contribution in [3.63, 3.8) is 0 Å². The van der Waals surface area contributed by atoms with E-state index in [2.05, 4.69) is 32.9 Å². The lowest BCUT2D eigenvalue weighted by Crippen LogP contribution is -1.90. The van der Waals surface area contributed by atoms with Crippen LogP contribution in [0.15, 0.2) is 29.4 Å². The maximum atomic E-state index is 5.11. The van der Waals surface area contributed by atoms with Crippen molar-refractivity contribution in [2.24, 2.45) is 0 Å². The Morgan fingerprint density at radius 2 is 2.10 bits per heavy atom. The van der Waals surface area contributed by atoms with E-state index in [9.17, 15) is 0 Å². The standard InChI is InChI=1S/C15H16N4OS/c1-9-6-10(2)15(16-7-9)21-8-12-17-11-4-5-13(20-3)19-14(11)18-12/h4-7H,8H2,1-3H3,(H,17,18,19). The van der Waals surface area contributed by atoms with E-state index in [0.717, 1.165) is 22.1 Å². The molecule has 3 heterocycles. The van der Waals surface area contributed by atoms with Crippen molar-refractivity contribution in [1.29, 1.82) is 0 Å². The first-order valence-corrected chi connectivity index (χ1v) is 7.60. The van der Waals surface area contributed by atoms with E-state index in [1.807, 2.05) is 25.3 Å². The molecule has 0 amide bonds. The summed E-state index contributed by atoms with van der Waals surface area (Å²) in [4.78, 5) is 16.5. The van der Waals surface area contributed by atoms with Crippen LogP contribution in [0.5, 0.6) is 5.88 Å². The lowest BCUT2D eigenvalue weighted by Gasteiger charge is -2.03. The second-order valence-corrected chi connectivity index (χ2v) is 5.80. The molecule has 0 saturated carbocycles. The second kappa shape index (κ2) is 5.73. The van der Waals surface area contributed by atoms with Gasteiger partial charge in [0, 0.05) is 12.3 Å². The molecular formula is C15H16N4OS. The molecule has 0 aromatic carbocycles. The van der Waals surface area contributed by atoms with Gasteiger partial charge >= 0.3 is 0 Å². The highest BCUT2D eigenvalue weighted by atomic mass is 32.2. The first-order valence-electron chi connectivity index (χ1n) is 6.61. The van der Waals surface area contributed by atoms with E-state index in [1.54, 1.807) is 18.9 Å². The summed E-state index contributed by atoms with van der Waals surface area (Å²) in [5.41, 5.74) is 3.96. The second-order valence-electron chi connectivity index (χ2n) is 4.83. The number of H-pyrrole nitrogens is 1. The maximum absolute atomic E-state index is 5.11. The number of aryl methyl sites for hydroxylation is 2. The van der Waals surface area contributed by atoms with Gasteiger partial charge in [0.2, 0.25) is 5.88 Å². The lowest BCUT2D eigenvalue weighted by molar-refractivity contribution is 0.399. The number of nitrogens with zero attached hydrogens (tertiary/aromatic N) is 3. The number of rotatable bonds is 4. The van der Waals surface area contributed by atoms with Crippen LogP contribution in [0, 0.1) is 13.8 Å². The molecule has 0 aliphatic carbocycles. The van der Waals surface area contributed by atoms with E-state index in [1.165, 1.54) is 11.1 Å². The minimum atomic E-state index is 0.573. The summed E-state index contributed by atoms with van der Waals surface area (Å²) in [6.45, 7) is 4.13. The monoisotopic (exact) mass is 300 g/mol. The number of aromatic nitrogens is 4. The van der Waals surface area contributed by atoms with Gasteiger partial charge in [0.1, 0.15) is 5.82 Å². The number of methoxy groups -OCH3 is 1. The molecule has 0 bridgehead atoms. The normalized spacial score (nSPS) is 11.0. The predicted molar refractivity (Wildman–Crippen MR) is 83.7 cm³/mol. The van der Waals surface area contributed by atoms with Crippen molar-refractivity contribution >= 4 is 22.9 Å². The fourth-order valence-corrected chi connectivity index (χ4v) is 2.92. The molecule has 3 rings (SSSR count). The number of hydrogen-bond donors (Lipinski definition) is 1. The highest BCUT2D eigenvalue weighted by Gasteiger charge is 2.08. The number of fused-ring (bicyclic) bond motifs is 1. The Kier molecular flexibility index (Phi) is 3.79. The Bertz CT molecular complexity index is 784. The Hall–Kier alpha value is -2.08. The Morgan fingerprint density at radius 3 is 2.86 bits per heavy atom. The maximum Gasteiger partial charge on any atom is 0.215 e. The van der Waals surface area contributed by atoms with Crippen LogP contribution in [0.3, 0.4) is 0 Å². The van der Waals surface area contributed by atoms with E-state index in [4.69, 9.17) is 4.74 Å². The molecule has 1 N–H and O–H groups in total. The van der Waals surface area contributed by atoms with Gasteiger partial charge < -0.3 is 9.72 Å². The quantitative estimate of drug-likeness (QED) is 0.749. The number of ether oxygens (including phenoxy) is 1. The van der Waals surface area contributed by atoms with Crippen LogP contribution in [0.25, 0.3) is 11.2 Å². The highest BCUT2D eigenvalue weighted by Crippen LogP contribution is 2.24. The SMILES string of the molecule is COc1ccc2[nH]c(CSc3ncc(C)cc3C)nc2n1. The van der Waals surface area contributed by atoms with Crippen molar-refractivity contribution < 1.29 is 4.74 Å². The fourth-order valence-electron chi connectivity index (χ4n) is 2.10. The third-order valence-corrected chi connectivity index (χ3v) is 4.21. The van der Waals surface area contributed by atoms with Gasteiger partial charge in [0.15, 0.2) is 5.65 Å². The summed E-state index contributed by atoms with van der Waals surface area (Å²) in [5, 5.41) is 1.03. The molecule has 0 atom stereocenters. The minimum absolute atomic E-state index is 0.573. The van der Waals surface area contributed by atoms with Crippen molar-refractivity contribution in [2.45, 2.75) is 24.6 Å². The number of thioether (sulfide) groups is 1. The van der Waals surface area contributed by atoms with E-state index >= 15 is 0 Å². The van der Waals surface area contributed by atoms with Gasteiger partial charge in [0.25, 0.3) is 0 Å². The number of imidazole rings is 1. The largest absolute Gasteiger partial charge is 0.481 e. The summed E-state index contributed by atoms with van der Waals surface area (Å²) in [6.07, 6.45) is 1.89. The zero-order chi connectivity index (χ0) is 14.8. The molecule has 5 nitrogen and oxygen atoms in total. The van der Waals surface area contributed by atoms with E-state index < -0.39 is 0 Å². The molecule has 0 saturated heterocycles. The fraction of sp³-hybridized carbons (Fsp3) is 0.267. The summed E-state index contributed by atoms with van der Waals surface area (Å²) in [7, 11) is 1.60. The molecule has 21 heavy (non-hydrogen) atoms. The molecule has 0 fully saturated rings. The van der Waals surface area contributed by atoms with E-state index in [-0.39, 0.29) is 0 Å². The van der Waals surface area contributed by atoms with E-state index in [0.29, 0.717) is 11.5 Å². The molecular weight excluding hydrogens is 284 g/mol. The summed E-state index contributed by atoms with van der Waals surface area (Å²) < 4.78 is 5.11. The highest BCUT2D eigenvalue weighted by molar-refractivity contribution is 7.98. The third-order valence-electron chi connectivity index (χ3n) is 3.09. The predicted octanol–water partition coefficient (Wildman–Crippen LogP) is 3.27. The molecule has 108 valence electrons. The average Bonchev–Trinajstić information content (AvgIpc) is 2.88. The molecule has 0 spiro atoms. The molecule has 0 aliphatic heterocycles. The van der Waals surface area contributed by atoms with Crippen LogP contribution >= 0.6 is 11.8 Å². The van der Waals surface area contributed by atoms with Gasteiger partial charge in [-0.25, -0.2) is 9.97 Å². The molecule has 6 heteroatoms. The first-order chi connectivity index (χ1) is 10.2. The van der Waals surface area contributed by atoms with Gasteiger partial charge in [-0.05, 0) is 31.0 Å². The Balaban J connectivity index is 1.78. The van der Waals surface area contributed by atoms with Gasteiger partial charge in [-0.1, -0.05) is 17.8 Å². The first kappa shape index (κ1) is 13.9. The smallest absolute Gasteiger partial charge is 0.215 e. The minimum Gasteiger partial charge on any atom is -0.481 e. The molecule has 3 aromatic heterocycles. The van der Waals surface area contributed by atoms with Crippen LogP contribution in [0.4, 0.5) is 0 Å². The molecule has 0 radical (unpaired) electrons. The number of hydrogen-bond acceptors (Lipinski definition) is 5. The van der Waals surface area contributed by atoms with Crippen LogP contribution in [0.2, 0.25) is 0 Å². The van der Waals surface area contributed by atoms with Crippen LogP contribution < -0.4 is 4.74 Å². The summed E-state index contributed by atoms with van der Waals surface area (Å²) in [6, 6.07) is 5.89. The van der Waals surface area contributed by atoms with Gasteiger partial charge in [-0.15, -0.1) is 0 Å². The van der Waals surface area contributed by atoms with Crippen LogP contribution in [0.1, 0.15) is 17.0 Å². The number of pyridine rings is 2. The molecule has 0 aliphatic rings. The topological polar surface area (TPSA) is 63.7 Å². The summed E-state index contributed by atoms with van der Waals surface area (Å²) in [5.74, 6) is 2.19.